The number of benzene rings is 4. The minimum atomic E-state index is -0.872. The molecule has 318 valence electrons. The van der Waals surface area contributed by atoms with Gasteiger partial charge in [0.1, 0.15) is 23.6 Å². The zero-order valence-corrected chi connectivity index (χ0v) is 34.6. The Kier molecular flexibility index (Phi) is 12.8. The Morgan fingerprint density at radius 1 is 0.635 bits per heavy atom. The van der Waals surface area contributed by atoms with Gasteiger partial charge in [0.05, 0.1) is 59.7 Å². The Labute approximate surface area is 359 Å². The molecule has 63 heavy (non-hydrogen) atoms. The molecule has 0 aliphatic rings. The molecule has 8 rings (SSSR count). The van der Waals surface area contributed by atoms with Gasteiger partial charge in [0.2, 0.25) is 11.6 Å². The molecule has 0 atom stereocenters. The summed E-state index contributed by atoms with van der Waals surface area (Å²) in [7, 11) is 0. The fourth-order valence-electron chi connectivity index (χ4n) is 6.52. The maximum atomic E-state index is 10.8. The van der Waals surface area contributed by atoms with Crippen LogP contribution in [0.3, 0.4) is 0 Å². The van der Waals surface area contributed by atoms with E-state index in [0.717, 1.165) is 32.9 Å². The van der Waals surface area contributed by atoms with E-state index in [1.165, 1.54) is 0 Å². The monoisotopic (exact) mass is 848 g/mol. The molecule has 0 saturated heterocycles. The second-order valence-corrected chi connectivity index (χ2v) is 14.7. The molecular formula is C45H40N10O8. The number of aryl methyl sites for hydroxylation is 2. The van der Waals surface area contributed by atoms with E-state index in [2.05, 4.69) is 42.6 Å². The molecule has 2 N–H and O–H groups in total. The number of carbonyl (C=O) groups is 2. The summed E-state index contributed by atoms with van der Waals surface area (Å²) in [4.78, 5) is 30.5. The Balaban J connectivity index is 0.000000189. The van der Waals surface area contributed by atoms with Crippen LogP contribution in [0, 0.1) is 22.7 Å². The molecule has 0 aliphatic carbocycles. The summed E-state index contributed by atoms with van der Waals surface area (Å²) in [5, 5.41) is 55.0. The van der Waals surface area contributed by atoms with Crippen LogP contribution in [0.4, 0.5) is 0 Å². The number of nitriles is 2. The molecule has 0 aliphatic heterocycles. The summed E-state index contributed by atoms with van der Waals surface area (Å²) < 4.78 is 25.6. The predicted octanol–water partition coefficient (Wildman–Crippen LogP) is 8.16. The third-order valence-electron chi connectivity index (χ3n) is 9.37. The highest BCUT2D eigenvalue weighted by Gasteiger charge is 2.17. The average Bonchev–Trinajstić information content (AvgIpc) is 4.10. The third kappa shape index (κ3) is 10.2. The molecule has 0 saturated carbocycles. The number of nitrogens with zero attached hydrogens (tertiary/aromatic N) is 10. The molecule has 0 unspecified atom stereocenters. The summed E-state index contributed by atoms with van der Waals surface area (Å²) >= 11 is 0. The standard InChI is InChI=1S/C23H21N5O4.C22H19N5O4/c1-14(2)31-20-8-6-16(11-17(20)12-24)23-26-22(27-32-23)15-5-7-19-18(10-15)13-25-28(19)9-3-4-21(29)30;1-13(2)30-19-6-4-15(10-16(19)11-23)22-25-21(26-31-22)14-3-5-18-17(9-14)12-24-27(18)8-7-20(28)29/h5-8,10-11,13-14H,3-4,9H2,1-2H3,(H,29,30);3-6,9-10,12-13H,7-8H2,1-2H3,(H,28,29). The lowest BCUT2D eigenvalue weighted by atomic mass is 10.1. The number of aliphatic carboxylic acids is 2. The van der Waals surface area contributed by atoms with Crippen LogP contribution in [0.1, 0.15) is 58.1 Å². The highest BCUT2D eigenvalue weighted by atomic mass is 16.5. The number of rotatable bonds is 15. The van der Waals surface area contributed by atoms with Crippen molar-refractivity contribution in [3.8, 4) is 69.3 Å². The zero-order chi connectivity index (χ0) is 44.6. The molecule has 0 radical (unpaired) electrons. The molecule has 18 heteroatoms. The number of ether oxygens (including phenoxy) is 2. The molecular weight excluding hydrogens is 809 g/mol. The van der Waals surface area contributed by atoms with E-state index in [1.807, 2.05) is 64.1 Å². The van der Waals surface area contributed by atoms with Crippen molar-refractivity contribution in [3.63, 3.8) is 0 Å². The van der Waals surface area contributed by atoms with Crippen LogP contribution >= 0.6 is 0 Å². The van der Waals surface area contributed by atoms with Gasteiger partial charge in [-0.2, -0.15) is 30.7 Å². The van der Waals surface area contributed by atoms with Gasteiger partial charge < -0.3 is 28.7 Å². The maximum absolute atomic E-state index is 10.8. The van der Waals surface area contributed by atoms with Crippen molar-refractivity contribution in [3.05, 3.63) is 96.3 Å². The van der Waals surface area contributed by atoms with Crippen LogP contribution in [0.25, 0.3) is 67.5 Å². The van der Waals surface area contributed by atoms with E-state index in [9.17, 15) is 20.1 Å². The van der Waals surface area contributed by atoms with Gasteiger partial charge in [0, 0.05) is 46.0 Å². The fraction of sp³-hybridized carbons (Fsp3) is 0.244. The first-order valence-electron chi connectivity index (χ1n) is 19.8. The summed E-state index contributed by atoms with van der Waals surface area (Å²) in [6.45, 7) is 8.41. The molecule has 8 aromatic rings. The number of aromatic nitrogens is 8. The van der Waals surface area contributed by atoms with Gasteiger partial charge in [-0.05, 0) is 107 Å². The summed E-state index contributed by atoms with van der Waals surface area (Å²) in [6, 6.07) is 25.8. The summed E-state index contributed by atoms with van der Waals surface area (Å²) in [5.74, 6) is 0.737. The van der Waals surface area contributed by atoms with Crippen molar-refractivity contribution in [2.24, 2.45) is 0 Å². The maximum Gasteiger partial charge on any atom is 0.305 e. The Bertz CT molecular complexity index is 3020. The number of hydrogen-bond donors (Lipinski definition) is 2. The lowest BCUT2D eigenvalue weighted by Crippen LogP contribution is -2.06. The Morgan fingerprint density at radius 3 is 1.51 bits per heavy atom. The first-order chi connectivity index (χ1) is 30.4. The van der Waals surface area contributed by atoms with Gasteiger partial charge in [-0.25, -0.2) is 0 Å². The van der Waals surface area contributed by atoms with Crippen LogP contribution in [0.5, 0.6) is 11.5 Å². The van der Waals surface area contributed by atoms with Gasteiger partial charge in [-0.15, -0.1) is 0 Å². The van der Waals surface area contributed by atoms with Crippen LogP contribution in [0.15, 0.2) is 94.2 Å². The van der Waals surface area contributed by atoms with Crippen LogP contribution < -0.4 is 9.47 Å². The summed E-state index contributed by atoms with van der Waals surface area (Å²) in [5.41, 5.74) is 5.26. The van der Waals surface area contributed by atoms with E-state index in [0.29, 0.717) is 76.7 Å². The van der Waals surface area contributed by atoms with E-state index < -0.39 is 11.9 Å². The van der Waals surface area contributed by atoms with Crippen molar-refractivity contribution in [2.75, 3.05) is 0 Å². The van der Waals surface area contributed by atoms with Crippen LogP contribution in [-0.2, 0) is 22.7 Å². The Hall–Kier alpha value is -8.38. The van der Waals surface area contributed by atoms with Crippen molar-refractivity contribution >= 4 is 33.7 Å². The number of fused-ring (bicyclic) bond motifs is 2. The quantitative estimate of drug-likeness (QED) is 0.0986. The van der Waals surface area contributed by atoms with Gasteiger partial charge in [0.25, 0.3) is 11.8 Å². The third-order valence-corrected chi connectivity index (χ3v) is 9.37. The first-order valence-corrected chi connectivity index (χ1v) is 19.8. The molecule has 0 amide bonds. The minimum absolute atomic E-state index is 0.00157. The lowest BCUT2D eigenvalue weighted by molar-refractivity contribution is -0.138. The molecule has 4 heterocycles. The smallest absolute Gasteiger partial charge is 0.305 e. The molecule has 18 nitrogen and oxygen atoms in total. The average molecular weight is 849 g/mol. The molecule has 4 aromatic carbocycles. The van der Waals surface area contributed by atoms with Gasteiger partial charge in [-0.3, -0.25) is 19.0 Å². The number of hydrogen-bond acceptors (Lipinski definition) is 14. The van der Waals surface area contributed by atoms with Gasteiger partial charge in [0.15, 0.2) is 0 Å². The SMILES string of the molecule is CC(C)Oc1ccc(-c2nc(-c3ccc4c(cnn4CCC(=O)O)c3)no2)cc1C#N.CC(C)Oc1ccc(-c2nc(-c3ccc4c(cnn4CCCC(=O)O)c3)no2)cc1C#N. The van der Waals surface area contributed by atoms with Gasteiger partial charge >= 0.3 is 11.9 Å². The lowest BCUT2D eigenvalue weighted by Gasteiger charge is -2.11. The molecule has 4 aromatic heterocycles. The topological polar surface area (TPSA) is 254 Å². The molecule has 0 fully saturated rings. The highest BCUT2D eigenvalue weighted by Crippen LogP contribution is 2.31. The van der Waals surface area contributed by atoms with Crippen LogP contribution in [0.2, 0.25) is 0 Å². The largest absolute Gasteiger partial charge is 0.490 e. The molecule has 0 spiro atoms. The van der Waals surface area contributed by atoms with Crippen molar-refractivity contribution < 1.29 is 38.3 Å². The normalized spacial score (nSPS) is 11.0. The second kappa shape index (κ2) is 18.9. The van der Waals surface area contributed by atoms with E-state index in [1.54, 1.807) is 58.2 Å². The van der Waals surface area contributed by atoms with Crippen molar-refractivity contribution in [2.45, 2.75) is 72.3 Å². The van der Waals surface area contributed by atoms with Gasteiger partial charge in [-0.1, -0.05) is 10.3 Å². The highest BCUT2D eigenvalue weighted by molar-refractivity contribution is 5.84. The second-order valence-electron chi connectivity index (χ2n) is 14.7. The number of carboxylic acid groups (broad SMARTS) is 2. The van der Waals surface area contributed by atoms with E-state index >= 15 is 0 Å². The minimum Gasteiger partial charge on any atom is -0.490 e. The zero-order valence-electron chi connectivity index (χ0n) is 34.6. The fourth-order valence-corrected chi connectivity index (χ4v) is 6.52. The van der Waals surface area contributed by atoms with E-state index in [-0.39, 0.29) is 25.0 Å². The van der Waals surface area contributed by atoms with Crippen molar-refractivity contribution in [1.82, 2.24) is 39.8 Å². The summed E-state index contributed by atoms with van der Waals surface area (Å²) in [6.07, 6.45) is 3.92. The predicted molar refractivity (Wildman–Crippen MR) is 227 cm³/mol. The number of carboxylic acids is 2. The molecule has 0 bridgehead atoms. The first kappa shape index (κ1) is 42.7. The van der Waals surface area contributed by atoms with Crippen molar-refractivity contribution in [1.29, 1.82) is 10.5 Å². The Morgan fingerprint density at radius 2 is 1.08 bits per heavy atom. The van der Waals surface area contributed by atoms with Crippen LogP contribution in [-0.4, -0.2) is 74.2 Å². The van der Waals surface area contributed by atoms with E-state index in [4.69, 9.17) is 28.7 Å².